The van der Waals surface area contributed by atoms with E-state index in [0.717, 1.165) is 135 Å². The van der Waals surface area contributed by atoms with E-state index in [0.29, 0.717) is 19.3 Å². The summed E-state index contributed by atoms with van der Waals surface area (Å²) in [5.41, 5.74) is 0. The first-order valence-electron chi connectivity index (χ1n) is 33.5. The fourth-order valence-corrected chi connectivity index (χ4v) is 9.22. The van der Waals surface area contributed by atoms with Crippen molar-refractivity contribution in [1.82, 2.24) is 0 Å². The van der Waals surface area contributed by atoms with E-state index in [1.165, 1.54) is 135 Å². The second kappa shape index (κ2) is 67.3. The van der Waals surface area contributed by atoms with Gasteiger partial charge in [0.1, 0.15) is 13.2 Å². The molecular weight excluding hydrogens is 985 g/mol. The Balaban J connectivity index is 4.31. The van der Waals surface area contributed by atoms with Crippen LogP contribution in [0.1, 0.15) is 310 Å². The minimum atomic E-state index is -0.793. The Kier molecular flexibility index (Phi) is 63.8. The standard InChI is InChI=1S/C74H124O6/c1-4-7-10-13-16-19-22-25-28-30-32-33-34-35-36-37-38-39-40-41-43-44-46-49-52-55-58-61-64-67-73(76)79-70-71(69-78-72(75)66-63-60-57-54-51-48-27-24-21-18-15-12-9-6-3)80-74(77)68-65-62-59-56-53-50-47-45-42-31-29-26-23-20-17-14-11-8-5-2/h7-8,10-11,16-17,19-20,24-29,32-33,35-36,42,45,71H,4-6,9,12-15,18,21-23,30-31,34,37-41,43-44,46-70H2,1-3H3/b10-7-,11-8-,19-16-,20-17-,27-24-,28-25-,29-26-,33-32-,36-35-,45-42-. The van der Waals surface area contributed by atoms with Gasteiger partial charge >= 0.3 is 17.9 Å². The second-order valence-corrected chi connectivity index (χ2v) is 22.0. The summed E-state index contributed by atoms with van der Waals surface area (Å²) in [5.74, 6) is -0.904. The maximum atomic E-state index is 12.9. The van der Waals surface area contributed by atoms with E-state index < -0.39 is 6.10 Å². The molecule has 0 aliphatic heterocycles. The van der Waals surface area contributed by atoms with Crippen LogP contribution in [0.25, 0.3) is 0 Å². The lowest BCUT2D eigenvalue weighted by Crippen LogP contribution is -2.30. The lowest BCUT2D eigenvalue weighted by atomic mass is 10.0. The van der Waals surface area contributed by atoms with E-state index in [-0.39, 0.29) is 31.1 Å². The molecule has 1 atom stereocenters. The van der Waals surface area contributed by atoms with Crippen molar-refractivity contribution in [2.75, 3.05) is 13.2 Å². The summed E-state index contributed by atoms with van der Waals surface area (Å²) in [5, 5.41) is 0. The summed E-state index contributed by atoms with van der Waals surface area (Å²) in [4.78, 5) is 38.4. The van der Waals surface area contributed by atoms with Crippen molar-refractivity contribution in [3.05, 3.63) is 122 Å². The van der Waals surface area contributed by atoms with Crippen molar-refractivity contribution in [2.45, 2.75) is 316 Å². The Morgan fingerprint density at radius 2 is 0.487 bits per heavy atom. The smallest absolute Gasteiger partial charge is 0.306 e. The van der Waals surface area contributed by atoms with Crippen LogP contribution in [0.3, 0.4) is 0 Å². The highest BCUT2D eigenvalue weighted by molar-refractivity contribution is 5.71. The highest BCUT2D eigenvalue weighted by Crippen LogP contribution is 2.16. The van der Waals surface area contributed by atoms with Crippen LogP contribution in [-0.2, 0) is 28.6 Å². The Morgan fingerprint density at radius 3 is 0.775 bits per heavy atom. The number of allylic oxidation sites excluding steroid dienone is 20. The van der Waals surface area contributed by atoms with Gasteiger partial charge < -0.3 is 14.2 Å². The van der Waals surface area contributed by atoms with Gasteiger partial charge in [0.25, 0.3) is 0 Å². The van der Waals surface area contributed by atoms with Crippen molar-refractivity contribution in [3.63, 3.8) is 0 Å². The van der Waals surface area contributed by atoms with Crippen molar-refractivity contribution < 1.29 is 28.6 Å². The first kappa shape index (κ1) is 75.8. The Morgan fingerprint density at radius 1 is 0.263 bits per heavy atom. The molecule has 0 N–H and O–H groups in total. The molecule has 80 heavy (non-hydrogen) atoms. The quantitative estimate of drug-likeness (QED) is 0.0261. The summed E-state index contributed by atoms with van der Waals surface area (Å²) in [6, 6.07) is 0. The summed E-state index contributed by atoms with van der Waals surface area (Å²) < 4.78 is 16.9. The van der Waals surface area contributed by atoms with Crippen molar-refractivity contribution in [2.24, 2.45) is 0 Å². The average Bonchev–Trinajstić information content (AvgIpc) is 3.46. The summed E-state index contributed by atoms with van der Waals surface area (Å²) in [6.07, 6.45) is 93.5. The zero-order valence-corrected chi connectivity index (χ0v) is 52.3. The maximum Gasteiger partial charge on any atom is 0.306 e. The SMILES string of the molecule is CC/C=C\C/C=C\C/C=C\C/C=C\C/C=C\CCCCCCCCCCCCCCCC(=O)OCC(COC(=O)CCCCCCC/C=C\CCCCCCC)OC(=O)CCCCCCCC/C=C\C/C=C\C/C=C\C/C=C\CC. The van der Waals surface area contributed by atoms with Gasteiger partial charge in [0.05, 0.1) is 0 Å². The van der Waals surface area contributed by atoms with Gasteiger partial charge in [-0.15, -0.1) is 0 Å². The monoisotopic (exact) mass is 1110 g/mol. The fourth-order valence-electron chi connectivity index (χ4n) is 9.22. The van der Waals surface area contributed by atoms with Gasteiger partial charge in [-0.25, -0.2) is 0 Å². The molecule has 0 saturated heterocycles. The molecule has 0 rings (SSSR count). The number of hydrogen-bond acceptors (Lipinski definition) is 6. The largest absolute Gasteiger partial charge is 0.462 e. The van der Waals surface area contributed by atoms with Gasteiger partial charge in [0.2, 0.25) is 0 Å². The van der Waals surface area contributed by atoms with E-state index in [9.17, 15) is 14.4 Å². The van der Waals surface area contributed by atoms with E-state index in [1.54, 1.807) is 0 Å². The predicted molar refractivity (Wildman–Crippen MR) is 348 cm³/mol. The molecule has 0 saturated carbocycles. The molecular formula is C74H124O6. The highest BCUT2D eigenvalue weighted by Gasteiger charge is 2.19. The molecule has 0 aromatic carbocycles. The number of esters is 3. The average molecular weight is 1110 g/mol. The third-order valence-electron chi connectivity index (χ3n) is 14.2. The van der Waals surface area contributed by atoms with Crippen molar-refractivity contribution in [1.29, 1.82) is 0 Å². The predicted octanol–water partition coefficient (Wildman–Crippen LogP) is 23.2. The van der Waals surface area contributed by atoms with Crippen molar-refractivity contribution >= 4 is 17.9 Å². The van der Waals surface area contributed by atoms with Gasteiger partial charge in [0.15, 0.2) is 6.10 Å². The number of ether oxygens (including phenoxy) is 3. The Hall–Kier alpha value is -4.19. The van der Waals surface area contributed by atoms with Gasteiger partial charge in [-0.05, 0) is 128 Å². The summed E-state index contributed by atoms with van der Waals surface area (Å²) >= 11 is 0. The molecule has 0 aromatic heterocycles. The third-order valence-corrected chi connectivity index (χ3v) is 14.2. The molecule has 0 aliphatic carbocycles. The van der Waals surface area contributed by atoms with E-state index in [4.69, 9.17) is 14.2 Å². The normalized spacial score (nSPS) is 12.9. The minimum Gasteiger partial charge on any atom is -0.462 e. The van der Waals surface area contributed by atoms with Crippen LogP contribution in [0, 0.1) is 0 Å². The molecule has 0 aliphatic rings. The fraction of sp³-hybridized carbons (Fsp3) is 0.689. The summed E-state index contributed by atoms with van der Waals surface area (Å²) in [7, 11) is 0. The Labute approximate surface area is 494 Å². The van der Waals surface area contributed by atoms with Crippen LogP contribution in [0.15, 0.2) is 122 Å². The second-order valence-electron chi connectivity index (χ2n) is 22.0. The molecule has 6 nitrogen and oxygen atoms in total. The zero-order valence-electron chi connectivity index (χ0n) is 52.3. The lowest BCUT2D eigenvalue weighted by Gasteiger charge is -2.18. The first-order chi connectivity index (χ1) is 39.5. The molecule has 0 heterocycles. The molecule has 0 amide bonds. The van der Waals surface area contributed by atoms with Crippen LogP contribution >= 0.6 is 0 Å². The van der Waals surface area contributed by atoms with Crippen LogP contribution in [0.2, 0.25) is 0 Å². The number of hydrogen-bond donors (Lipinski definition) is 0. The van der Waals surface area contributed by atoms with Crippen LogP contribution < -0.4 is 0 Å². The molecule has 0 aromatic rings. The van der Waals surface area contributed by atoms with E-state index in [1.807, 2.05) is 0 Å². The van der Waals surface area contributed by atoms with Crippen LogP contribution in [0.4, 0.5) is 0 Å². The molecule has 6 heteroatoms. The van der Waals surface area contributed by atoms with Gasteiger partial charge in [-0.2, -0.15) is 0 Å². The van der Waals surface area contributed by atoms with Crippen LogP contribution in [0.5, 0.6) is 0 Å². The molecule has 0 radical (unpaired) electrons. The van der Waals surface area contributed by atoms with Gasteiger partial charge in [0, 0.05) is 19.3 Å². The molecule has 0 bridgehead atoms. The van der Waals surface area contributed by atoms with Crippen LogP contribution in [-0.4, -0.2) is 37.2 Å². The number of carbonyl (C=O) groups is 3. The molecule has 1 unspecified atom stereocenters. The summed E-state index contributed by atoms with van der Waals surface area (Å²) in [6.45, 7) is 6.41. The molecule has 456 valence electrons. The minimum absolute atomic E-state index is 0.0878. The zero-order chi connectivity index (χ0) is 57.8. The van der Waals surface area contributed by atoms with E-state index >= 15 is 0 Å². The Bertz CT molecular complexity index is 1650. The first-order valence-corrected chi connectivity index (χ1v) is 33.5. The molecule has 0 fully saturated rings. The maximum absolute atomic E-state index is 12.9. The van der Waals surface area contributed by atoms with Gasteiger partial charge in [-0.1, -0.05) is 284 Å². The van der Waals surface area contributed by atoms with Gasteiger partial charge in [-0.3, -0.25) is 14.4 Å². The van der Waals surface area contributed by atoms with E-state index in [2.05, 4.69) is 142 Å². The third kappa shape index (κ3) is 64.6. The molecule has 0 spiro atoms. The number of carbonyl (C=O) groups excluding carboxylic acids is 3. The lowest BCUT2D eigenvalue weighted by molar-refractivity contribution is -0.167. The highest BCUT2D eigenvalue weighted by atomic mass is 16.6. The van der Waals surface area contributed by atoms with Crippen molar-refractivity contribution in [3.8, 4) is 0 Å². The topological polar surface area (TPSA) is 78.9 Å². The number of rotatable bonds is 60. The number of unbranched alkanes of at least 4 members (excludes halogenated alkanes) is 29.